The monoisotopic (exact) mass is 331 g/mol. The highest BCUT2D eigenvalue weighted by Gasteiger charge is 2.51. The third-order valence-corrected chi connectivity index (χ3v) is 5.32. The number of benzene rings is 1. The summed E-state index contributed by atoms with van der Waals surface area (Å²) in [5, 5.41) is 0. The Kier molecular flexibility index (Phi) is 4.49. The number of hydrogen-bond acceptors (Lipinski definition) is 4. The van der Waals surface area contributed by atoms with Crippen LogP contribution in [-0.4, -0.2) is 55.4 Å². The Bertz CT molecular complexity index is 622. The molecule has 24 heavy (non-hydrogen) atoms. The number of amides is 1. The van der Waals surface area contributed by atoms with Crippen molar-refractivity contribution in [1.29, 1.82) is 0 Å². The second-order valence-corrected chi connectivity index (χ2v) is 7.57. The van der Waals surface area contributed by atoms with Crippen LogP contribution in [0.2, 0.25) is 0 Å². The van der Waals surface area contributed by atoms with E-state index in [0.29, 0.717) is 31.9 Å². The summed E-state index contributed by atoms with van der Waals surface area (Å²) in [4.78, 5) is 14.7. The van der Waals surface area contributed by atoms with Gasteiger partial charge in [0.05, 0.1) is 24.4 Å². The van der Waals surface area contributed by atoms with Crippen molar-refractivity contribution in [2.24, 2.45) is 0 Å². The molecular weight excluding hydrogens is 305 g/mol. The number of carbonyl (C=O) groups excluding carboxylic acids is 1. The zero-order valence-electron chi connectivity index (χ0n) is 15.2. The lowest BCUT2D eigenvalue weighted by atomic mass is 9.77. The van der Waals surface area contributed by atoms with Crippen molar-refractivity contribution >= 4 is 18.5 Å². The fourth-order valence-electron chi connectivity index (χ4n) is 2.93. The van der Waals surface area contributed by atoms with E-state index in [2.05, 4.69) is 0 Å². The molecule has 0 radical (unpaired) electrons. The van der Waals surface area contributed by atoms with Gasteiger partial charge in [-0.1, -0.05) is 12.1 Å². The molecule has 5 nitrogen and oxygen atoms in total. The maximum atomic E-state index is 12.8. The molecule has 6 heteroatoms. The number of rotatable bonds is 2. The number of carbonyl (C=O) groups is 1. The Morgan fingerprint density at radius 2 is 1.67 bits per heavy atom. The van der Waals surface area contributed by atoms with Gasteiger partial charge >= 0.3 is 7.12 Å². The lowest BCUT2D eigenvalue weighted by Gasteiger charge is -2.32. The highest BCUT2D eigenvalue weighted by molar-refractivity contribution is 6.62. The first-order valence-electron chi connectivity index (χ1n) is 8.54. The normalized spacial score (nSPS) is 22.7. The molecule has 0 bridgehead atoms. The van der Waals surface area contributed by atoms with Crippen molar-refractivity contribution in [3.05, 3.63) is 29.3 Å². The number of nitrogens with zero attached hydrogens (tertiary/aromatic N) is 1. The van der Waals surface area contributed by atoms with E-state index in [9.17, 15) is 4.79 Å². The fraction of sp³-hybridized carbons (Fsp3) is 0.611. The van der Waals surface area contributed by atoms with Crippen molar-refractivity contribution < 1.29 is 18.8 Å². The Balaban J connectivity index is 1.86. The molecule has 3 rings (SSSR count). The van der Waals surface area contributed by atoms with Crippen LogP contribution in [0.5, 0.6) is 0 Å². The summed E-state index contributed by atoms with van der Waals surface area (Å²) in [6.07, 6.45) is 0. The van der Waals surface area contributed by atoms with E-state index in [1.807, 2.05) is 57.7 Å². The molecular formula is C18H26BNO4. The Morgan fingerprint density at radius 1 is 1.08 bits per heavy atom. The summed E-state index contributed by atoms with van der Waals surface area (Å²) in [6.45, 7) is 12.5. The number of morpholine rings is 1. The van der Waals surface area contributed by atoms with E-state index in [4.69, 9.17) is 14.0 Å². The fourth-order valence-corrected chi connectivity index (χ4v) is 2.93. The lowest BCUT2D eigenvalue weighted by molar-refractivity contribution is 0.00578. The van der Waals surface area contributed by atoms with Crippen molar-refractivity contribution in [3.8, 4) is 0 Å². The topological polar surface area (TPSA) is 48.0 Å². The minimum atomic E-state index is -0.452. The van der Waals surface area contributed by atoms with Gasteiger partial charge in [0.1, 0.15) is 0 Å². The zero-order chi connectivity index (χ0) is 17.5. The lowest BCUT2D eigenvalue weighted by Crippen LogP contribution is -2.42. The summed E-state index contributed by atoms with van der Waals surface area (Å²) in [6, 6.07) is 5.86. The van der Waals surface area contributed by atoms with Crippen LogP contribution in [0.3, 0.4) is 0 Å². The molecule has 0 unspecified atom stereocenters. The first kappa shape index (κ1) is 17.5. The van der Waals surface area contributed by atoms with Gasteiger partial charge in [-0.05, 0) is 51.7 Å². The van der Waals surface area contributed by atoms with Gasteiger partial charge in [0.25, 0.3) is 5.91 Å². The van der Waals surface area contributed by atoms with Crippen molar-refractivity contribution in [2.75, 3.05) is 26.3 Å². The molecule has 0 aliphatic carbocycles. The summed E-state index contributed by atoms with van der Waals surface area (Å²) < 4.78 is 17.5. The van der Waals surface area contributed by atoms with E-state index in [1.54, 1.807) is 0 Å². The van der Waals surface area contributed by atoms with Gasteiger partial charge in [-0.25, -0.2) is 0 Å². The van der Waals surface area contributed by atoms with E-state index in [0.717, 1.165) is 11.0 Å². The smallest absolute Gasteiger partial charge is 0.399 e. The minimum Gasteiger partial charge on any atom is -0.399 e. The molecule has 1 aromatic rings. The van der Waals surface area contributed by atoms with Gasteiger partial charge in [0.2, 0.25) is 0 Å². The van der Waals surface area contributed by atoms with Crippen LogP contribution in [0.25, 0.3) is 0 Å². The van der Waals surface area contributed by atoms with Crippen LogP contribution >= 0.6 is 0 Å². The molecule has 2 heterocycles. The highest BCUT2D eigenvalue weighted by atomic mass is 16.7. The quantitative estimate of drug-likeness (QED) is 0.775. The SMILES string of the molecule is Cc1ccc(B2OC(C)(C)C(C)(C)O2)cc1C(=O)N1CCOCC1. The van der Waals surface area contributed by atoms with Crippen LogP contribution in [-0.2, 0) is 14.0 Å². The first-order valence-corrected chi connectivity index (χ1v) is 8.54. The van der Waals surface area contributed by atoms with Gasteiger partial charge in [-0.3, -0.25) is 4.79 Å². The highest BCUT2D eigenvalue weighted by Crippen LogP contribution is 2.36. The van der Waals surface area contributed by atoms with Crippen LogP contribution in [0.4, 0.5) is 0 Å². The molecule has 2 aliphatic heterocycles. The Hall–Kier alpha value is -1.37. The second-order valence-electron chi connectivity index (χ2n) is 7.57. The van der Waals surface area contributed by atoms with Gasteiger partial charge in [0, 0.05) is 18.7 Å². The van der Waals surface area contributed by atoms with Gasteiger partial charge < -0.3 is 18.9 Å². The van der Waals surface area contributed by atoms with Crippen molar-refractivity contribution in [2.45, 2.75) is 45.8 Å². The number of aryl methyl sites for hydroxylation is 1. The van der Waals surface area contributed by atoms with Crippen LogP contribution in [0.1, 0.15) is 43.6 Å². The molecule has 130 valence electrons. The number of hydrogen-bond donors (Lipinski definition) is 0. The number of ether oxygens (including phenoxy) is 1. The molecule has 2 aliphatic rings. The van der Waals surface area contributed by atoms with Gasteiger partial charge in [-0.15, -0.1) is 0 Å². The van der Waals surface area contributed by atoms with Crippen LogP contribution in [0, 0.1) is 6.92 Å². The molecule has 1 aromatic carbocycles. The minimum absolute atomic E-state index is 0.0502. The van der Waals surface area contributed by atoms with Crippen LogP contribution < -0.4 is 5.46 Å². The average molecular weight is 331 g/mol. The third kappa shape index (κ3) is 3.10. The molecule has 0 N–H and O–H groups in total. The molecule has 0 saturated carbocycles. The molecule has 0 aromatic heterocycles. The van der Waals surface area contributed by atoms with E-state index in [1.165, 1.54) is 0 Å². The average Bonchev–Trinajstić information content (AvgIpc) is 2.76. The standard InChI is InChI=1S/C18H26BNO4/c1-13-6-7-14(19-23-17(2,3)18(4,5)24-19)12-15(13)16(21)20-8-10-22-11-9-20/h6-7,12H,8-11H2,1-5H3. The summed E-state index contributed by atoms with van der Waals surface area (Å²) in [5.74, 6) is 0.0502. The van der Waals surface area contributed by atoms with E-state index >= 15 is 0 Å². The molecule has 0 atom stereocenters. The van der Waals surface area contributed by atoms with E-state index in [-0.39, 0.29) is 5.91 Å². The summed E-state index contributed by atoms with van der Waals surface area (Å²) in [7, 11) is -0.452. The van der Waals surface area contributed by atoms with Gasteiger partial charge in [0.15, 0.2) is 0 Å². The largest absolute Gasteiger partial charge is 0.494 e. The van der Waals surface area contributed by atoms with E-state index < -0.39 is 18.3 Å². The van der Waals surface area contributed by atoms with Crippen molar-refractivity contribution in [1.82, 2.24) is 4.90 Å². The van der Waals surface area contributed by atoms with Crippen molar-refractivity contribution in [3.63, 3.8) is 0 Å². The molecule has 0 spiro atoms. The summed E-state index contributed by atoms with van der Waals surface area (Å²) >= 11 is 0. The summed E-state index contributed by atoms with van der Waals surface area (Å²) in [5.41, 5.74) is 1.78. The predicted molar refractivity (Wildman–Crippen MR) is 93.6 cm³/mol. The maximum absolute atomic E-state index is 12.8. The Morgan fingerprint density at radius 3 is 2.25 bits per heavy atom. The third-order valence-electron chi connectivity index (χ3n) is 5.32. The predicted octanol–water partition coefficient (Wildman–Crippen LogP) is 1.77. The Labute approximate surface area is 144 Å². The van der Waals surface area contributed by atoms with Crippen LogP contribution in [0.15, 0.2) is 18.2 Å². The zero-order valence-corrected chi connectivity index (χ0v) is 15.2. The van der Waals surface area contributed by atoms with Gasteiger partial charge in [-0.2, -0.15) is 0 Å². The molecule has 2 fully saturated rings. The first-order chi connectivity index (χ1) is 11.2. The second kappa shape index (κ2) is 6.17. The maximum Gasteiger partial charge on any atom is 0.494 e. The molecule has 1 amide bonds. The molecule has 2 saturated heterocycles.